The molecule has 7 heteroatoms. The van der Waals surface area contributed by atoms with E-state index in [2.05, 4.69) is 10.4 Å². The molecule has 20 heavy (non-hydrogen) atoms. The van der Waals surface area contributed by atoms with E-state index in [1.54, 1.807) is 35.3 Å². The number of anilines is 1. The van der Waals surface area contributed by atoms with Crippen LogP contribution in [0.1, 0.15) is 6.92 Å². The Morgan fingerprint density at radius 2 is 2.30 bits per heavy atom. The van der Waals surface area contributed by atoms with Crippen LogP contribution in [0.25, 0.3) is 5.69 Å². The van der Waals surface area contributed by atoms with Crippen molar-refractivity contribution in [2.75, 3.05) is 18.5 Å². The number of nitrogens with zero attached hydrogens (tertiary/aromatic N) is 3. The van der Waals surface area contributed by atoms with Gasteiger partial charge in [0.05, 0.1) is 29.4 Å². The van der Waals surface area contributed by atoms with E-state index in [1.165, 1.54) is 6.07 Å². The Labute approximate surface area is 115 Å². The Bertz CT molecular complexity index is 635. The lowest BCUT2D eigenvalue weighted by molar-refractivity contribution is -0.384. The number of rotatable bonds is 4. The van der Waals surface area contributed by atoms with Crippen molar-refractivity contribution < 1.29 is 9.66 Å². The first-order valence-electron chi connectivity index (χ1n) is 6.22. The first-order chi connectivity index (χ1) is 9.57. The summed E-state index contributed by atoms with van der Waals surface area (Å²) in [6.07, 6.45) is 3.45. The van der Waals surface area contributed by atoms with E-state index in [0.717, 1.165) is 5.69 Å². The second kappa shape index (κ2) is 4.61. The Hall–Kier alpha value is -2.41. The predicted molar refractivity (Wildman–Crippen MR) is 73.1 cm³/mol. The van der Waals surface area contributed by atoms with Gasteiger partial charge in [-0.05, 0) is 25.1 Å². The molecule has 0 radical (unpaired) electrons. The number of benzene rings is 1. The lowest BCUT2D eigenvalue weighted by Crippen LogP contribution is -2.53. The van der Waals surface area contributed by atoms with Gasteiger partial charge in [0.1, 0.15) is 5.69 Å². The highest BCUT2D eigenvalue weighted by atomic mass is 16.6. The molecule has 1 aliphatic rings. The first kappa shape index (κ1) is 12.6. The van der Waals surface area contributed by atoms with E-state index in [9.17, 15) is 10.1 Å². The number of nitro benzene ring substituents is 1. The van der Waals surface area contributed by atoms with Crippen molar-refractivity contribution in [1.82, 2.24) is 9.78 Å². The molecule has 7 nitrogen and oxygen atoms in total. The standard InChI is InChI=1S/C13H14N4O3/c1-13(8-20-9-13)15-11-7-10(16-6-2-5-14-16)3-4-12(11)17(18)19/h2-7,15H,8-9H2,1H3. The molecule has 0 unspecified atom stereocenters. The van der Waals surface area contributed by atoms with Crippen LogP contribution in [0.5, 0.6) is 0 Å². The molecule has 0 atom stereocenters. The zero-order chi connectivity index (χ0) is 14.2. The van der Waals surface area contributed by atoms with Crippen molar-refractivity contribution in [1.29, 1.82) is 0 Å². The van der Waals surface area contributed by atoms with Crippen LogP contribution in [0.15, 0.2) is 36.7 Å². The summed E-state index contributed by atoms with van der Waals surface area (Å²) in [5, 5.41) is 18.4. The highest BCUT2D eigenvalue weighted by molar-refractivity contribution is 5.66. The van der Waals surface area contributed by atoms with Crippen LogP contribution in [-0.2, 0) is 4.74 Å². The third-order valence-electron chi connectivity index (χ3n) is 3.22. The molecule has 0 spiro atoms. The molecular formula is C13H14N4O3. The first-order valence-corrected chi connectivity index (χ1v) is 6.22. The summed E-state index contributed by atoms with van der Waals surface area (Å²) in [6, 6.07) is 6.70. The summed E-state index contributed by atoms with van der Waals surface area (Å²) in [5.41, 5.74) is 1.04. The average Bonchev–Trinajstić information content (AvgIpc) is 2.90. The van der Waals surface area contributed by atoms with Crippen LogP contribution in [0.2, 0.25) is 0 Å². The number of nitrogens with one attached hydrogen (secondary N) is 1. The van der Waals surface area contributed by atoms with Crippen LogP contribution >= 0.6 is 0 Å². The van der Waals surface area contributed by atoms with Gasteiger partial charge in [-0.2, -0.15) is 5.10 Å². The van der Waals surface area contributed by atoms with Crippen LogP contribution in [0, 0.1) is 10.1 Å². The summed E-state index contributed by atoms with van der Waals surface area (Å²) >= 11 is 0. The van der Waals surface area contributed by atoms with E-state index in [4.69, 9.17) is 4.74 Å². The summed E-state index contributed by atoms with van der Waals surface area (Å²) in [5.74, 6) is 0. The molecule has 0 amide bonds. The largest absolute Gasteiger partial charge is 0.376 e. The Morgan fingerprint density at radius 3 is 2.85 bits per heavy atom. The van der Waals surface area contributed by atoms with Crippen molar-refractivity contribution in [2.45, 2.75) is 12.5 Å². The molecule has 104 valence electrons. The van der Waals surface area contributed by atoms with Gasteiger partial charge in [0.2, 0.25) is 0 Å². The van der Waals surface area contributed by atoms with Crippen molar-refractivity contribution in [3.63, 3.8) is 0 Å². The molecule has 1 saturated heterocycles. The van der Waals surface area contributed by atoms with Gasteiger partial charge in [0.25, 0.3) is 5.69 Å². The summed E-state index contributed by atoms with van der Waals surface area (Å²) in [7, 11) is 0. The van der Waals surface area contributed by atoms with Crippen molar-refractivity contribution in [3.05, 3.63) is 46.8 Å². The number of ether oxygens (including phenoxy) is 1. The van der Waals surface area contributed by atoms with Crippen LogP contribution in [0.4, 0.5) is 11.4 Å². The second-order valence-corrected chi connectivity index (χ2v) is 5.09. The van der Waals surface area contributed by atoms with Crippen molar-refractivity contribution >= 4 is 11.4 Å². The number of aromatic nitrogens is 2. The number of hydrogen-bond donors (Lipinski definition) is 1. The minimum atomic E-state index is -0.391. The van der Waals surface area contributed by atoms with E-state index in [-0.39, 0.29) is 11.2 Å². The van der Waals surface area contributed by atoms with E-state index in [0.29, 0.717) is 18.9 Å². The molecule has 1 aliphatic heterocycles. The maximum atomic E-state index is 11.1. The average molecular weight is 274 g/mol. The van der Waals surface area contributed by atoms with Gasteiger partial charge in [-0.1, -0.05) is 0 Å². The quantitative estimate of drug-likeness (QED) is 0.681. The van der Waals surface area contributed by atoms with Gasteiger partial charge in [-0.15, -0.1) is 0 Å². The van der Waals surface area contributed by atoms with Gasteiger partial charge < -0.3 is 10.1 Å². The molecule has 1 aromatic heterocycles. The lowest BCUT2D eigenvalue weighted by atomic mass is 10.00. The third kappa shape index (κ3) is 2.23. The molecule has 2 aromatic rings. The molecule has 0 aliphatic carbocycles. The van der Waals surface area contributed by atoms with Gasteiger partial charge in [0.15, 0.2) is 0 Å². The van der Waals surface area contributed by atoms with Gasteiger partial charge in [-0.25, -0.2) is 4.68 Å². The van der Waals surface area contributed by atoms with Crippen LogP contribution in [0.3, 0.4) is 0 Å². The zero-order valence-corrected chi connectivity index (χ0v) is 10.9. The van der Waals surface area contributed by atoms with Crippen molar-refractivity contribution in [3.8, 4) is 5.69 Å². The second-order valence-electron chi connectivity index (χ2n) is 5.09. The van der Waals surface area contributed by atoms with Crippen LogP contribution < -0.4 is 5.32 Å². The highest BCUT2D eigenvalue weighted by Crippen LogP contribution is 2.31. The smallest absolute Gasteiger partial charge is 0.292 e. The molecule has 0 bridgehead atoms. The summed E-state index contributed by atoms with van der Waals surface area (Å²) < 4.78 is 6.82. The maximum absolute atomic E-state index is 11.1. The van der Waals surface area contributed by atoms with Gasteiger partial charge in [-0.3, -0.25) is 10.1 Å². The van der Waals surface area contributed by atoms with E-state index >= 15 is 0 Å². The number of hydrogen-bond acceptors (Lipinski definition) is 5. The summed E-state index contributed by atoms with van der Waals surface area (Å²) in [6.45, 7) is 3.05. The van der Waals surface area contributed by atoms with Crippen LogP contribution in [-0.4, -0.2) is 33.5 Å². The third-order valence-corrected chi connectivity index (χ3v) is 3.22. The fraction of sp³-hybridized carbons (Fsp3) is 0.308. The molecule has 1 fully saturated rings. The van der Waals surface area contributed by atoms with Gasteiger partial charge >= 0.3 is 0 Å². The molecular weight excluding hydrogens is 260 g/mol. The zero-order valence-electron chi connectivity index (χ0n) is 10.9. The molecule has 0 saturated carbocycles. The molecule has 2 heterocycles. The minimum Gasteiger partial charge on any atom is -0.376 e. The SMILES string of the molecule is CC1(Nc2cc(-n3cccn3)ccc2[N+](=O)[O-])COC1. The fourth-order valence-electron chi connectivity index (χ4n) is 2.15. The normalized spacial score (nSPS) is 16.4. The molecule has 1 N–H and O–H groups in total. The Morgan fingerprint density at radius 1 is 1.50 bits per heavy atom. The van der Waals surface area contributed by atoms with Crippen molar-refractivity contribution in [2.24, 2.45) is 0 Å². The van der Waals surface area contributed by atoms with E-state index < -0.39 is 4.92 Å². The van der Waals surface area contributed by atoms with E-state index in [1.807, 2.05) is 6.92 Å². The fourth-order valence-corrected chi connectivity index (χ4v) is 2.15. The predicted octanol–water partition coefficient (Wildman–Crippen LogP) is 1.98. The Kier molecular flexibility index (Phi) is 2.90. The monoisotopic (exact) mass is 274 g/mol. The summed E-state index contributed by atoms with van der Waals surface area (Å²) in [4.78, 5) is 10.7. The molecule has 1 aromatic carbocycles. The lowest BCUT2D eigenvalue weighted by Gasteiger charge is -2.39. The maximum Gasteiger partial charge on any atom is 0.292 e. The minimum absolute atomic E-state index is 0.0500. The highest BCUT2D eigenvalue weighted by Gasteiger charge is 2.35. The molecule has 3 rings (SSSR count). The van der Waals surface area contributed by atoms with Gasteiger partial charge in [0, 0.05) is 18.5 Å². The number of nitro groups is 1. The topological polar surface area (TPSA) is 82.2 Å². The Balaban J connectivity index is 1.99.